The van der Waals surface area contributed by atoms with Crippen LogP contribution in [-0.2, 0) is 11.2 Å². The van der Waals surface area contributed by atoms with E-state index in [0.29, 0.717) is 5.56 Å². The van der Waals surface area contributed by atoms with E-state index < -0.39 is 11.7 Å². The summed E-state index contributed by atoms with van der Waals surface area (Å²) in [7, 11) is 0. The van der Waals surface area contributed by atoms with Crippen molar-refractivity contribution in [3.63, 3.8) is 0 Å². The van der Waals surface area contributed by atoms with Crippen LogP contribution in [0.2, 0.25) is 0 Å². The Bertz CT molecular complexity index is 389. The van der Waals surface area contributed by atoms with Gasteiger partial charge in [-0.25, -0.2) is 4.79 Å². The molecule has 4 N–H and O–H groups in total. The van der Waals surface area contributed by atoms with Crippen LogP contribution in [0.4, 0.5) is 5.69 Å². The number of carboxylic acids is 1. The minimum absolute atomic E-state index is 0.0588. The summed E-state index contributed by atoms with van der Waals surface area (Å²) in [5.74, 6) is -1.33. The number of carbonyl (C=O) groups is 1. The molecule has 0 radical (unpaired) electrons. The fourth-order valence-electron chi connectivity index (χ4n) is 1.12. The molecule has 1 aromatic rings. The number of hydrogen-bond donors (Lipinski definition) is 4. The Morgan fingerprint density at radius 3 is 2.47 bits per heavy atom. The summed E-state index contributed by atoms with van der Waals surface area (Å²) in [5, 5.41) is 33.2. The van der Waals surface area contributed by atoms with Crippen molar-refractivity contribution in [2.24, 2.45) is 0 Å². The molecule has 0 heterocycles. The second kappa shape index (κ2) is 4.54. The van der Waals surface area contributed by atoms with E-state index in [-0.39, 0.29) is 17.3 Å². The average molecular weight is 210 g/mol. The van der Waals surface area contributed by atoms with Gasteiger partial charge in [-0.15, -0.1) is 5.23 Å². The number of para-hydroxylation sites is 1. The van der Waals surface area contributed by atoms with Crippen LogP contribution in [0.3, 0.4) is 0 Å². The largest absolute Gasteiger partial charge is 0.477 e. The summed E-state index contributed by atoms with van der Waals surface area (Å²) in [6.07, 6.45) is -0.164. The lowest BCUT2D eigenvalue weighted by molar-refractivity contribution is -0.129. The van der Waals surface area contributed by atoms with Gasteiger partial charge in [0.15, 0.2) is 0 Å². The van der Waals surface area contributed by atoms with Gasteiger partial charge in [0, 0.05) is 6.42 Å². The number of anilines is 1. The van der Waals surface area contributed by atoms with E-state index in [1.165, 1.54) is 12.1 Å². The summed E-state index contributed by atoms with van der Waals surface area (Å²) in [6, 6.07) is 6.12. The Hall–Kier alpha value is -1.92. The van der Waals surface area contributed by atoms with Crippen molar-refractivity contribution in [1.29, 1.82) is 5.41 Å². The maximum absolute atomic E-state index is 10.4. The molecule has 6 heteroatoms. The number of rotatable bonds is 4. The fraction of sp³-hybridized carbons (Fsp3) is 0.111. The standard InChI is InChI=1S/C9H10N2O4/c10-7(9(12)13)5-6-3-1-2-4-8(6)11(14)15/h1-4,10,14-15H,5H2,(H,12,13). The third-order valence-electron chi connectivity index (χ3n) is 1.83. The molecular formula is C9H10N2O4. The zero-order valence-corrected chi connectivity index (χ0v) is 7.71. The van der Waals surface area contributed by atoms with Gasteiger partial charge in [-0.05, 0) is 11.6 Å². The molecule has 0 bridgehead atoms. The normalized spacial score (nSPS) is 9.73. The first-order chi connectivity index (χ1) is 7.02. The highest BCUT2D eigenvalue weighted by molar-refractivity contribution is 6.34. The maximum Gasteiger partial charge on any atom is 0.349 e. The zero-order chi connectivity index (χ0) is 11.4. The van der Waals surface area contributed by atoms with E-state index in [4.69, 9.17) is 20.9 Å². The number of benzene rings is 1. The van der Waals surface area contributed by atoms with Crippen molar-refractivity contribution in [1.82, 2.24) is 0 Å². The van der Waals surface area contributed by atoms with Gasteiger partial charge in [0.2, 0.25) is 0 Å². The van der Waals surface area contributed by atoms with Crippen molar-refractivity contribution in [2.75, 3.05) is 5.23 Å². The molecule has 0 amide bonds. The molecule has 80 valence electrons. The Labute approximate surface area is 85.4 Å². The molecule has 1 rings (SSSR count). The molecule has 0 unspecified atom stereocenters. The van der Waals surface area contributed by atoms with Crippen molar-refractivity contribution in [3.05, 3.63) is 29.8 Å². The SMILES string of the molecule is N=C(Cc1ccccc1N(O)O)C(=O)O. The number of nitrogens with zero attached hydrogens (tertiary/aromatic N) is 1. The number of nitrogens with one attached hydrogen (secondary N) is 1. The van der Waals surface area contributed by atoms with Crippen molar-refractivity contribution >= 4 is 17.4 Å². The second-order valence-corrected chi connectivity index (χ2v) is 2.88. The second-order valence-electron chi connectivity index (χ2n) is 2.88. The first-order valence-corrected chi connectivity index (χ1v) is 4.09. The van der Waals surface area contributed by atoms with Crippen LogP contribution < -0.4 is 5.23 Å². The van der Waals surface area contributed by atoms with Gasteiger partial charge in [0.25, 0.3) is 0 Å². The molecule has 0 aliphatic carbocycles. The van der Waals surface area contributed by atoms with Gasteiger partial charge < -0.3 is 5.11 Å². The Balaban J connectivity index is 2.94. The van der Waals surface area contributed by atoms with Crippen molar-refractivity contribution < 1.29 is 20.3 Å². The van der Waals surface area contributed by atoms with Gasteiger partial charge in [-0.3, -0.25) is 15.8 Å². The van der Waals surface area contributed by atoms with E-state index in [1.54, 1.807) is 12.1 Å². The van der Waals surface area contributed by atoms with Crippen LogP contribution >= 0.6 is 0 Å². The molecule has 0 saturated heterocycles. The Kier molecular flexibility index (Phi) is 3.37. The van der Waals surface area contributed by atoms with Crippen LogP contribution in [0.1, 0.15) is 5.56 Å². The lowest BCUT2D eigenvalue weighted by Gasteiger charge is -2.12. The van der Waals surface area contributed by atoms with E-state index >= 15 is 0 Å². The Morgan fingerprint density at radius 2 is 1.93 bits per heavy atom. The van der Waals surface area contributed by atoms with Gasteiger partial charge in [-0.2, -0.15) is 0 Å². The highest BCUT2D eigenvalue weighted by Crippen LogP contribution is 2.18. The lowest BCUT2D eigenvalue weighted by Crippen LogP contribution is -2.18. The number of aliphatic carboxylic acids is 1. The molecule has 0 aliphatic heterocycles. The summed E-state index contributed by atoms with van der Waals surface area (Å²) >= 11 is 0. The van der Waals surface area contributed by atoms with Gasteiger partial charge >= 0.3 is 5.97 Å². The maximum atomic E-state index is 10.4. The van der Waals surface area contributed by atoms with Crippen LogP contribution in [-0.4, -0.2) is 27.2 Å². The quantitative estimate of drug-likeness (QED) is 0.437. The van der Waals surface area contributed by atoms with E-state index in [9.17, 15) is 4.79 Å². The summed E-state index contributed by atoms with van der Waals surface area (Å²) < 4.78 is 0. The van der Waals surface area contributed by atoms with Gasteiger partial charge in [0.05, 0.1) is 5.69 Å². The minimum Gasteiger partial charge on any atom is -0.477 e. The molecular weight excluding hydrogens is 200 g/mol. The third-order valence-corrected chi connectivity index (χ3v) is 1.83. The highest BCUT2D eigenvalue weighted by Gasteiger charge is 2.12. The monoisotopic (exact) mass is 210 g/mol. The van der Waals surface area contributed by atoms with E-state index in [0.717, 1.165) is 0 Å². The van der Waals surface area contributed by atoms with Crippen LogP contribution in [0, 0.1) is 5.41 Å². The molecule has 15 heavy (non-hydrogen) atoms. The molecule has 0 saturated carbocycles. The molecule has 0 aromatic heterocycles. The molecule has 0 spiro atoms. The third kappa shape index (κ3) is 2.76. The fourth-order valence-corrected chi connectivity index (χ4v) is 1.12. The highest BCUT2D eigenvalue weighted by atomic mass is 16.8. The van der Waals surface area contributed by atoms with Gasteiger partial charge in [-0.1, -0.05) is 18.2 Å². The number of carboxylic acid groups (broad SMARTS) is 1. The molecule has 0 atom stereocenters. The molecule has 0 fully saturated rings. The van der Waals surface area contributed by atoms with Gasteiger partial charge in [0.1, 0.15) is 5.71 Å². The molecule has 6 nitrogen and oxygen atoms in total. The topological polar surface area (TPSA) is 105 Å². The lowest BCUT2D eigenvalue weighted by atomic mass is 10.1. The molecule has 1 aromatic carbocycles. The first-order valence-electron chi connectivity index (χ1n) is 4.09. The van der Waals surface area contributed by atoms with E-state index in [1.807, 2.05) is 0 Å². The summed E-state index contributed by atoms with van der Waals surface area (Å²) in [6.45, 7) is 0. The predicted octanol–water partition coefficient (Wildman–Crippen LogP) is 0.918. The van der Waals surface area contributed by atoms with Crippen molar-refractivity contribution in [2.45, 2.75) is 6.42 Å². The first kappa shape index (κ1) is 11.2. The summed E-state index contributed by atoms with van der Waals surface area (Å²) in [4.78, 5) is 10.4. The van der Waals surface area contributed by atoms with Crippen molar-refractivity contribution in [3.8, 4) is 0 Å². The zero-order valence-electron chi connectivity index (χ0n) is 7.71. The summed E-state index contributed by atoms with van der Waals surface area (Å²) in [5.41, 5.74) is -0.0947. The van der Waals surface area contributed by atoms with E-state index in [2.05, 4.69) is 0 Å². The van der Waals surface area contributed by atoms with Crippen LogP contribution in [0.5, 0.6) is 0 Å². The van der Waals surface area contributed by atoms with Crippen LogP contribution in [0.25, 0.3) is 0 Å². The molecule has 0 aliphatic rings. The smallest absolute Gasteiger partial charge is 0.349 e. The average Bonchev–Trinajstić information content (AvgIpc) is 2.18. The Morgan fingerprint density at radius 1 is 1.33 bits per heavy atom. The minimum atomic E-state index is -1.33. The predicted molar refractivity (Wildman–Crippen MR) is 51.6 cm³/mol. The van der Waals surface area contributed by atoms with Crippen LogP contribution in [0.15, 0.2) is 24.3 Å². The number of hydrogen-bond acceptors (Lipinski definition) is 5.